The number of hydrogen-bond donors (Lipinski definition) is 3. The molecule has 0 aromatic carbocycles. The Morgan fingerprint density at radius 1 is 1.05 bits per heavy atom. The molecule has 1 saturated carbocycles. The summed E-state index contributed by atoms with van der Waals surface area (Å²) >= 11 is 0. The molecule has 41 heavy (non-hydrogen) atoms. The molecule has 0 bridgehead atoms. The normalized spacial score (nSPS) is 24.9. The smallest absolute Gasteiger partial charge is 0.270 e. The number of nitrogens with one attached hydrogen (secondary N) is 3. The second-order valence-corrected chi connectivity index (χ2v) is 12.2. The van der Waals surface area contributed by atoms with Crippen molar-refractivity contribution in [3.05, 3.63) is 35.3 Å². The molecule has 3 fully saturated rings. The van der Waals surface area contributed by atoms with Gasteiger partial charge in [0.25, 0.3) is 5.91 Å². The van der Waals surface area contributed by atoms with Crippen molar-refractivity contribution in [3.8, 4) is 0 Å². The number of aryl methyl sites for hydroxylation is 1. The highest BCUT2D eigenvalue weighted by Gasteiger charge is 2.48. The van der Waals surface area contributed by atoms with E-state index in [9.17, 15) is 14.4 Å². The van der Waals surface area contributed by atoms with Gasteiger partial charge in [-0.25, -0.2) is 4.98 Å². The third kappa shape index (κ3) is 5.49. The molecule has 1 atom stereocenters. The number of amides is 3. The number of pyridine rings is 1. The summed E-state index contributed by atoms with van der Waals surface area (Å²) in [5.74, 6) is 0.317. The summed E-state index contributed by atoms with van der Waals surface area (Å²) in [5.41, 5.74) is 2.14. The first kappa shape index (κ1) is 27.8. The molecule has 11 heteroatoms. The largest absolute Gasteiger partial charge is 0.381 e. The van der Waals surface area contributed by atoms with Gasteiger partial charge in [-0.1, -0.05) is 19.8 Å². The van der Waals surface area contributed by atoms with Crippen molar-refractivity contribution in [3.63, 3.8) is 0 Å². The average Bonchev–Trinajstić information content (AvgIpc) is 3.50. The Kier molecular flexibility index (Phi) is 7.82. The molecular formula is C30H40N6O5. The van der Waals surface area contributed by atoms with E-state index in [4.69, 9.17) is 9.47 Å². The molecule has 0 radical (unpaired) electrons. The summed E-state index contributed by atoms with van der Waals surface area (Å²) in [6.07, 6.45) is 8.23. The van der Waals surface area contributed by atoms with Crippen molar-refractivity contribution < 1.29 is 23.9 Å². The van der Waals surface area contributed by atoms with Gasteiger partial charge < -0.3 is 25.4 Å². The highest BCUT2D eigenvalue weighted by Crippen LogP contribution is 2.44. The molecule has 2 saturated heterocycles. The Balaban J connectivity index is 1.22. The number of aromatic nitrogens is 3. The van der Waals surface area contributed by atoms with Crippen LogP contribution in [0.5, 0.6) is 0 Å². The van der Waals surface area contributed by atoms with E-state index in [2.05, 4.69) is 33.0 Å². The molecule has 2 aromatic rings. The topological polar surface area (TPSA) is 136 Å². The Labute approximate surface area is 240 Å². The zero-order valence-electron chi connectivity index (χ0n) is 23.9. The number of hydrogen-bond acceptors (Lipinski definition) is 7. The zero-order chi connectivity index (χ0) is 28.6. The number of rotatable bonds is 6. The van der Waals surface area contributed by atoms with Gasteiger partial charge >= 0.3 is 0 Å². The van der Waals surface area contributed by atoms with Crippen molar-refractivity contribution in [1.29, 1.82) is 0 Å². The molecular weight excluding hydrogens is 524 g/mol. The number of nitrogens with zero attached hydrogens (tertiary/aromatic N) is 3. The van der Waals surface area contributed by atoms with Crippen LogP contribution in [-0.4, -0.2) is 65.0 Å². The van der Waals surface area contributed by atoms with Crippen LogP contribution in [0, 0.1) is 18.8 Å². The van der Waals surface area contributed by atoms with Gasteiger partial charge in [-0.2, -0.15) is 5.10 Å². The standard InChI is InChI=1S/C30H40N6O5/c1-18-3-5-20(6-4-18)26(34-27(37)24-15-19(2)35-36(24)21-7-11-40-12-8-21)28(38)33-25-16-23-22(17-31-25)30(29(39)32-23)9-13-41-14-10-30/h15-18,20-21,26H,3-14H2,1-2H3,(H,32,39)(H,34,37)(H,31,33,38)/t18?,20?,26-/m0/s1. The maximum atomic E-state index is 13.8. The Morgan fingerprint density at radius 3 is 2.49 bits per heavy atom. The molecule has 3 N–H and O–H groups in total. The summed E-state index contributed by atoms with van der Waals surface area (Å²) in [6, 6.07) is 2.88. The predicted molar refractivity (Wildman–Crippen MR) is 152 cm³/mol. The van der Waals surface area contributed by atoms with E-state index >= 15 is 0 Å². The van der Waals surface area contributed by atoms with Gasteiger partial charge in [-0.15, -0.1) is 0 Å². The first-order valence-corrected chi connectivity index (χ1v) is 15.0. The zero-order valence-corrected chi connectivity index (χ0v) is 23.9. The number of ether oxygens (including phenoxy) is 2. The maximum Gasteiger partial charge on any atom is 0.270 e. The van der Waals surface area contributed by atoms with Gasteiger partial charge in [0.05, 0.1) is 22.8 Å². The minimum atomic E-state index is -0.722. The van der Waals surface area contributed by atoms with Crippen LogP contribution in [0.1, 0.15) is 86.1 Å². The summed E-state index contributed by atoms with van der Waals surface area (Å²) in [7, 11) is 0. The number of carbonyl (C=O) groups is 3. The van der Waals surface area contributed by atoms with Crippen molar-refractivity contribution in [1.82, 2.24) is 20.1 Å². The van der Waals surface area contributed by atoms with Crippen molar-refractivity contribution in [2.75, 3.05) is 37.1 Å². The first-order valence-electron chi connectivity index (χ1n) is 15.0. The molecule has 1 spiro atoms. The van der Waals surface area contributed by atoms with Crippen LogP contribution in [0.4, 0.5) is 11.5 Å². The second-order valence-electron chi connectivity index (χ2n) is 12.2. The maximum absolute atomic E-state index is 13.8. The molecule has 3 amide bonds. The van der Waals surface area contributed by atoms with E-state index in [0.717, 1.165) is 49.8 Å². The molecule has 1 aliphatic carbocycles. The number of fused-ring (bicyclic) bond motifs is 2. The Hall–Kier alpha value is -3.31. The SMILES string of the molecule is Cc1cc(C(=O)N[C@H](C(=O)Nc2cc3c(cn2)C2(CCOCC2)C(=O)N3)C2CCC(C)CC2)n(C2CCOCC2)n1. The molecule has 220 valence electrons. The molecule has 3 aliphatic heterocycles. The summed E-state index contributed by atoms with van der Waals surface area (Å²) in [5, 5.41) is 13.6. The molecule has 4 aliphatic rings. The van der Waals surface area contributed by atoms with Gasteiger partial charge in [0.15, 0.2) is 0 Å². The predicted octanol–water partition coefficient (Wildman–Crippen LogP) is 3.50. The first-order chi connectivity index (χ1) is 19.8. The number of anilines is 2. The fourth-order valence-corrected chi connectivity index (χ4v) is 6.92. The third-order valence-corrected chi connectivity index (χ3v) is 9.43. The van der Waals surface area contributed by atoms with Gasteiger partial charge in [0.2, 0.25) is 11.8 Å². The molecule has 0 unspecified atom stereocenters. The lowest BCUT2D eigenvalue weighted by atomic mass is 9.76. The van der Waals surface area contributed by atoms with E-state index in [1.807, 2.05) is 11.6 Å². The lowest BCUT2D eigenvalue weighted by molar-refractivity contribution is -0.124. The van der Waals surface area contributed by atoms with E-state index < -0.39 is 11.5 Å². The molecule has 11 nitrogen and oxygen atoms in total. The summed E-state index contributed by atoms with van der Waals surface area (Å²) in [6.45, 7) is 6.44. The second kappa shape index (κ2) is 11.5. The highest BCUT2D eigenvalue weighted by atomic mass is 16.5. The van der Waals surface area contributed by atoms with Crippen LogP contribution in [0.2, 0.25) is 0 Å². The van der Waals surface area contributed by atoms with Gasteiger partial charge in [0, 0.05) is 44.3 Å². The number of carbonyl (C=O) groups excluding carboxylic acids is 3. The van der Waals surface area contributed by atoms with Crippen LogP contribution in [0.3, 0.4) is 0 Å². The molecule has 6 rings (SSSR count). The van der Waals surface area contributed by atoms with Crippen LogP contribution < -0.4 is 16.0 Å². The van der Waals surface area contributed by atoms with Crippen LogP contribution in [0.15, 0.2) is 18.3 Å². The highest BCUT2D eigenvalue weighted by molar-refractivity contribution is 6.07. The van der Waals surface area contributed by atoms with Crippen molar-refractivity contribution in [2.45, 2.75) is 82.7 Å². The average molecular weight is 565 g/mol. The minimum absolute atomic E-state index is 0.00957. The van der Waals surface area contributed by atoms with Crippen molar-refractivity contribution in [2.24, 2.45) is 11.8 Å². The van der Waals surface area contributed by atoms with E-state index in [1.165, 1.54) is 0 Å². The monoisotopic (exact) mass is 564 g/mol. The summed E-state index contributed by atoms with van der Waals surface area (Å²) in [4.78, 5) is 45.0. The fourth-order valence-electron chi connectivity index (χ4n) is 6.92. The lowest BCUT2D eigenvalue weighted by Gasteiger charge is -2.32. The quantitative estimate of drug-likeness (QED) is 0.489. The van der Waals surface area contributed by atoms with Gasteiger partial charge in [0.1, 0.15) is 17.6 Å². The molecule has 5 heterocycles. The van der Waals surface area contributed by atoms with Gasteiger partial charge in [-0.05, 0) is 63.4 Å². The summed E-state index contributed by atoms with van der Waals surface area (Å²) < 4.78 is 12.8. The van der Waals surface area contributed by atoms with E-state index in [-0.39, 0.29) is 29.7 Å². The molecule has 2 aromatic heterocycles. The fraction of sp³-hybridized carbons (Fsp3) is 0.633. The van der Waals surface area contributed by atoms with Crippen molar-refractivity contribution >= 4 is 29.2 Å². The van der Waals surface area contributed by atoms with Gasteiger partial charge in [-0.3, -0.25) is 19.1 Å². The van der Waals surface area contributed by atoms with E-state index in [1.54, 1.807) is 18.3 Å². The lowest BCUT2D eigenvalue weighted by Crippen LogP contribution is -2.50. The minimum Gasteiger partial charge on any atom is -0.381 e. The van der Waals surface area contributed by atoms with E-state index in [0.29, 0.717) is 62.4 Å². The Morgan fingerprint density at radius 2 is 1.76 bits per heavy atom. The van der Waals surface area contributed by atoms with Crippen LogP contribution in [0.25, 0.3) is 0 Å². The van der Waals surface area contributed by atoms with Crippen LogP contribution in [-0.2, 0) is 24.5 Å². The third-order valence-electron chi connectivity index (χ3n) is 9.43. The Bertz CT molecular complexity index is 1300. The van der Waals surface area contributed by atoms with Crippen LogP contribution >= 0.6 is 0 Å².